The zero-order chi connectivity index (χ0) is 17.5. The first-order valence-electron chi connectivity index (χ1n) is 7.96. The van der Waals surface area contributed by atoms with Gasteiger partial charge in [0.1, 0.15) is 0 Å². The summed E-state index contributed by atoms with van der Waals surface area (Å²) in [7, 11) is -3.66. The molecule has 0 aliphatic heterocycles. The number of benzene rings is 2. The van der Waals surface area contributed by atoms with E-state index in [1.807, 2.05) is 13.0 Å². The molecular weight excluding hydrogens is 322 g/mol. The van der Waals surface area contributed by atoms with Gasteiger partial charge in [0, 0.05) is 17.7 Å². The number of sulfonamides is 1. The Morgan fingerprint density at radius 2 is 1.71 bits per heavy atom. The number of anilines is 1. The highest BCUT2D eigenvalue weighted by molar-refractivity contribution is 7.92. The summed E-state index contributed by atoms with van der Waals surface area (Å²) in [5.41, 5.74) is 2.95. The number of ketones is 1. The minimum Gasteiger partial charge on any atom is -0.294 e. The van der Waals surface area contributed by atoms with Crippen LogP contribution in [0, 0.1) is 6.92 Å². The van der Waals surface area contributed by atoms with Gasteiger partial charge in [-0.3, -0.25) is 9.52 Å². The van der Waals surface area contributed by atoms with Gasteiger partial charge in [0.25, 0.3) is 10.0 Å². The van der Waals surface area contributed by atoms with Gasteiger partial charge in [0.05, 0.1) is 4.90 Å². The van der Waals surface area contributed by atoms with E-state index in [2.05, 4.69) is 18.6 Å². The van der Waals surface area contributed by atoms with Crippen molar-refractivity contribution in [2.75, 3.05) is 4.72 Å². The number of Topliss-reactive ketones (excluding diaryl/α,β-unsaturated/α-hetero) is 1. The van der Waals surface area contributed by atoms with E-state index in [-0.39, 0.29) is 16.1 Å². The largest absolute Gasteiger partial charge is 0.294 e. The molecule has 0 bridgehead atoms. The molecule has 0 heterocycles. The average molecular weight is 343 g/mol. The van der Waals surface area contributed by atoms with Crippen molar-refractivity contribution in [3.05, 3.63) is 59.2 Å². The fraction of sp³-hybridized carbons (Fsp3) is 0.316. The zero-order valence-electron chi connectivity index (χ0n) is 14.1. The van der Waals surface area contributed by atoms with E-state index in [4.69, 9.17) is 0 Å². The first kappa shape index (κ1) is 16.7. The molecule has 0 unspecified atom stereocenters. The second-order valence-corrected chi connectivity index (χ2v) is 8.67. The lowest BCUT2D eigenvalue weighted by molar-refractivity contribution is 0.0957. The van der Waals surface area contributed by atoms with Crippen molar-refractivity contribution in [1.82, 2.24) is 0 Å². The Hall–Kier alpha value is -2.14. The smallest absolute Gasteiger partial charge is 0.261 e. The van der Waals surface area contributed by atoms with Crippen LogP contribution in [0.2, 0.25) is 0 Å². The summed E-state index contributed by atoms with van der Waals surface area (Å²) in [5, 5.41) is 0. The van der Waals surface area contributed by atoms with Crippen LogP contribution in [0.1, 0.15) is 48.2 Å². The molecule has 1 aliphatic rings. The predicted octanol–water partition coefficient (Wildman–Crippen LogP) is 4.05. The number of aryl methyl sites for hydroxylation is 1. The molecule has 3 rings (SSSR count). The molecule has 0 fully saturated rings. The van der Waals surface area contributed by atoms with Crippen LogP contribution in [0.15, 0.2) is 47.4 Å². The SMILES string of the molecule is Cc1ccc(S(=O)(=O)Nc2ccc3c(c2)C(=O)CCC3(C)C)cc1. The van der Waals surface area contributed by atoms with Crippen molar-refractivity contribution in [2.45, 2.75) is 43.9 Å². The quantitative estimate of drug-likeness (QED) is 0.914. The molecule has 24 heavy (non-hydrogen) atoms. The Labute approximate surface area is 143 Å². The van der Waals surface area contributed by atoms with Crippen LogP contribution < -0.4 is 4.72 Å². The van der Waals surface area contributed by atoms with E-state index in [0.717, 1.165) is 17.5 Å². The Balaban J connectivity index is 1.95. The maximum Gasteiger partial charge on any atom is 0.261 e. The van der Waals surface area contributed by atoms with Crippen molar-refractivity contribution < 1.29 is 13.2 Å². The molecule has 0 saturated carbocycles. The topological polar surface area (TPSA) is 63.2 Å². The number of carbonyl (C=O) groups excluding carboxylic acids is 1. The molecule has 2 aromatic rings. The van der Waals surface area contributed by atoms with E-state index in [1.54, 1.807) is 36.4 Å². The molecule has 0 radical (unpaired) electrons. The highest BCUT2D eigenvalue weighted by Crippen LogP contribution is 2.37. The molecule has 0 amide bonds. The van der Waals surface area contributed by atoms with Gasteiger partial charge in [-0.05, 0) is 48.6 Å². The minimum absolute atomic E-state index is 0.0701. The number of fused-ring (bicyclic) bond motifs is 1. The van der Waals surface area contributed by atoms with Gasteiger partial charge in [-0.25, -0.2) is 8.42 Å². The van der Waals surface area contributed by atoms with Crippen LogP contribution in [0.25, 0.3) is 0 Å². The first-order valence-corrected chi connectivity index (χ1v) is 9.45. The monoisotopic (exact) mass is 343 g/mol. The molecule has 0 aromatic heterocycles. The third-order valence-electron chi connectivity index (χ3n) is 4.61. The van der Waals surface area contributed by atoms with E-state index >= 15 is 0 Å². The van der Waals surface area contributed by atoms with Crippen molar-refractivity contribution in [3.8, 4) is 0 Å². The third-order valence-corrected chi connectivity index (χ3v) is 6.01. The van der Waals surface area contributed by atoms with Gasteiger partial charge in [0.2, 0.25) is 0 Å². The lowest BCUT2D eigenvalue weighted by Gasteiger charge is -2.31. The van der Waals surface area contributed by atoms with Crippen LogP contribution in [0.3, 0.4) is 0 Å². The van der Waals surface area contributed by atoms with Gasteiger partial charge in [-0.15, -0.1) is 0 Å². The summed E-state index contributed by atoms with van der Waals surface area (Å²) in [6.45, 7) is 6.11. The number of hydrogen-bond acceptors (Lipinski definition) is 3. The summed E-state index contributed by atoms with van der Waals surface area (Å²) >= 11 is 0. The average Bonchev–Trinajstić information content (AvgIpc) is 2.51. The molecular formula is C19H21NO3S. The van der Waals surface area contributed by atoms with Crippen LogP contribution in [-0.4, -0.2) is 14.2 Å². The van der Waals surface area contributed by atoms with E-state index in [1.165, 1.54) is 0 Å². The highest BCUT2D eigenvalue weighted by Gasteiger charge is 2.31. The summed E-state index contributed by atoms with van der Waals surface area (Å²) in [5.74, 6) is 0.0701. The number of carbonyl (C=O) groups is 1. The maximum atomic E-state index is 12.5. The lowest BCUT2D eigenvalue weighted by atomic mass is 9.72. The van der Waals surface area contributed by atoms with E-state index in [9.17, 15) is 13.2 Å². The second-order valence-electron chi connectivity index (χ2n) is 6.99. The summed E-state index contributed by atoms with van der Waals surface area (Å²) in [6.07, 6.45) is 1.31. The Kier molecular flexibility index (Phi) is 4.00. The summed E-state index contributed by atoms with van der Waals surface area (Å²) < 4.78 is 27.6. The predicted molar refractivity (Wildman–Crippen MR) is 95.0 cm³/mol. The Bertz CT molecular complexity index is 897. The number of hydrogen-bond donors (Lipinski definition) is 1. The molecule has 0 spiro atoms. The van der Waals surface area contributed by atoms with Crippen molar-refractivity contribution in [3.63, 3.8) is 0 Å². The zero-order valence-corrected chi connectivity index (χ0v) is 14.9. The highest BCUT2D eigenvalue weighted by atomic mass is 32.2. The van der Waals surface area contributed by atoms with E-state index in [0.29, 0.717) is 17.7 Å². The van der Waals surface area contributed by atoms with Gasteiger partial charge in [-0.2, -0.15) is 0 Å². The number of rotatable bonds is 3. The van der Waals surface area contributed by atoms with Crippen LogP contribution in [0.5, 0.6) is 0 Å². The van der Waals surface area contributed by atoms with Gasteiger partial charge in [-0.1, -0.05) is 37.6 Å². The molecule has 0 saturated heterocycles. The maximum absolute atomic E-state index is 12.5. The Morgan fingerprint density at radius 3 is 2.38 bits per heavy atom. The summed E-state index contributed by atoms with van der Waals surface area (Å²) in [4.78, 5) is 12.4. The molecule has 4 nitrogen and oxygen atoms in total. The molecule has 1 N–H and O–H groups in total. The fourth-order valence-electron chi connectivity index (χ4n) is 3.06. The Morgan fingerprint density at radius 1 is 1.04 bits per heavy atom. The minimum atomic E-state index is -3.66. The van der Waals surface area contributed by atoms with Crippen LogP contribution in [0.4, 0.5) is 5.69 Å². The van der Waals surface area contributed by atoms with Crippen molar-refractivity contribution >= 4 is 21.5 Å². The molecule has 5 heteroatoms. The first-order chi connectivity index (χ1) is 11.2. The molecule has 0 atom stereocenters. The summed E-state index contributed by atoms with van der Waals surface area (Å²) in [6, 6.07) is 11.9. The normalized spacial score (nSPS) is 16.5. The van der Waals surface area contributed by atoms with Crippen molar-refractivity contribution in [1.29, 1.82) is 0 Å². The second kappa shape index (κ2) is 5.74. The van der Waals surface area contributed by atoms with Gasteiger partial charge >= 0.3 is 0 Å². The van der Waals surface area contributed by atoms with Gasteiger partial charge < -0.3 is 0 Å². The van der Waals surface area contributed by atoms with E-state index < -0.39 is 10.0 Å². The molecule has 1 aliphatic carbocycles. The number of nitrogens with one attached hydrogen (secondary N) is 1. The van der Waals surface area contributed by atoms with Crippen LogP contribution >= 0.6 is 0 Å². The van der Waals surface area contributed by atoms with Crippen LogP contribution in [-0.2, 0) is 15.4 Å². The van der Waals surface area contributed by atoms with Gasteiger partial charge in [0.15, 0.2) is 5.78 Å². The molecule has 126 valence electrons. The lowest BCUT2D eigenvalue weighted by Crippen LogP contribution is -2.27. The third kappa shape index (κ3) is 3.08. The standard InChI is InChI=1S/C19H21NO3S/c1-13-4-7-15(8-5-13)24(22,23)20-14-6-9-17-16(12-14)18(21)10-11-19(17,2)3/h4-9,12,20H,10-11H2,1-3H3. The molecule has 2 aromatic carbocycles. The van der Waals surface area contributed by atoms with Crippen molar-refractivity contribution in [2.24, 2.45) is 0 Å². The fourth-order valence-corrected chi connectivity index (χ4v) is 4.10.